The monoisotopic (exact) mass is 383 g/mol. The zero-order valence-electron chi connectivity index (χ0n) is 12.6. The molecule has 0 fully saturated rings. The van der Waals surface area contributed by atoms with Crippen LogP contribution in [0.15, 0.2) is 46.9 Å². The first-order valence-corrected chi connectivity index (χ1v) is 7.83. The Kier molecular flexibility index (Phi) is 5.71. The van der Waals surface area contributed by atoms with Gasteiger partial charge in [0, 0.05) is 0 Å². The average molecular weight is 384 g/mol. The molecule has 0 aliphatic rings. The predicted molar refractivity (Wildman–Crippen MR) is 87.1 cm³/mol. The molecule has 0 aromatic heterocycles. The van der Waals surface area contributed by atoms with Crippen molar-refractivity contribution < 1.29 is 18.3 Å². The first-order valence-electron chi connectivity index (χ1n) is 7.04. The van der Waals surface area contributed by atoms with Gasteiger partial charge in [0.1, 0.15) is 17.4 Å². The van der Waals surface area contributed by atoms with E-state index in [4.69, 9.17) is 4.74 Å². The van der Waals surface area contributed by atoms with E-state index in [0.717, 1.165) is 5.56 Å². The standard InChI is InChI=1S/C17H16BrF2NO2/c1-10(12-3-5-13(19)6-4-12)21-17(22)11(2)23-16-8-7-14(20)9-15(16)18/h3-11H,1-2H3,(H,21,22)/t10-,11+/m0/s1. The fraction of sp³-hybridized carbons (Fsp3) is 0.235. The first-order chi connectivity index (χ1) is 10.9. The molecule has 0 heterocycles. The second-order valence-corrected chi connectivity index (χ2v) is 5.97. The van der Waals surface area contributed by atoms with E-state index in [2.05, 4.69) is 21.2 Å². The maximum Gasteiger partial charge on any atom is 0.261 e. The van der Waals surface area contributed by atoms with Crippen LogP contribution in [0.25, 0.3) is 0 Å². The molecule has 2 atom stereocenters. The lowest BCUT2D eigenvalue weighted by Gasteiger charge is -2.19. The van der Waals surface area contributed by atoms with Crippen molar-refractivity contribution in [1.29, 1.82) is 0 Å². The first kappa shape index (κ1) is 17.4. The molecule has 0 aliphatic carbocycles. The van der Waals surface area contributed by atoms with Gasteiger partial charge in [0.2, 0.25) is 0 Å². The van der Waals surface area contributed by atoms with Crippen LogP contribution >= 0.6 is 15.9 Å². The van der Waals surface area contributed by atoms with Crippen molar-refractivity contribution in [2.75, 3.05) is 0 Å². The van der Waals surface area contributed by atoms with E-state index in [1.54, 1.807) is 26.0 Å². The molecule has 23 heavy (non-hydrogen) atoms. The molecule has 0 bridgehead atoms. The summed E-state index contributed by atoms with van der Waals surface area (Å²) < 4.78 is 31.9. The van der Waals surface area contributed by atoms with Crippen molar-refractivity contribution in [2.24, 2.45) is 0 Å². The lowest BCUT2D eigenvalue weighted by atomic mass is 10.1. The molecule has 1 amide bonds. The Morgan fingerprint density at radius 3 is 2.30 bits per heavy atom. The van der Waals surface area contributed by atoms with E-state index in [1.807, 2.05) is 0 Å². The molecule has 1 N–H and O–H groups in total. The van der Waals surface area contributed by atoms with Crippen molar-refractivity contribution in [3.8, 4) is 5.75 Å². The normalized spacial score (nSPS) is 13.3. The van der Waals surface area contributed by atoms with E-state index >= 15 is 0 Å². The molecule has 0 radical (unpaired) electrons. The second kappa shape index (κ2) is 7.55. The summed E-state index contributed by atoms with van der Waals surface area (Å²) in [5.74, 6) is -0.669. The minimum absolute atomic E-state index is 0.286. The SMILES string of the molecule is C[C@H](NC(=O)[C@@H](C)Oc1ccc(F)cc1Br)c1ccc(F)cc1. The van der Waals surface area contributed by atoms with Crippen molar-refractivity contribution in [3.05, 3.63) is 64.1 Å². The van der Waals surface area contributed by atoms with E-state index in [0.29, 0.717) is 10.2 Å². The summed E-state index contributed by atoms with van der Waals surface area (Å²) in [7, 11) is 0. The van der Waals surface area contributed by atoms with Gasteiger partial charge in [0.15, 0.2) is 6.10 Å². The van der Waals surface area contributed by atoms with Gasteiger partial charge >= 0.3 is 0 Å². The number of carbonyl (C=O) groups is 1. The highest BCUT2D eigenvalue weighted by Crippen LogP contribution is 2.26. The van der Waals surface area contributed by atoms with E-state index in [9.17, 15) is 13.6 Å². The zero-order valence-corrected chi connectivity index (χ0v) is 14.2. The lowest BCUT2D eigenvalue weighted by molar-refractivity contribution is -0.127. The molecular weight excluding hydrogens is 368 g/mol. The van der Waals surface area contributed by atoms with Crippen LogP contribution in [0.3, 0.4) is 0 Å². The fourth-order valence-electron chi connectivity index (χ4n) is 1.98. The number of rotatable bonds is 5. The summed E-state index contributed by atoms with van der Waals surface area (Å²) in [4.78, 5) is 12.2. The van der Waals surface area contributed by atoms with Crippen molar-refractivity contribution in [2.45, 2.75) is 26.0 Å². The lowest BCUT2D eigenvalue weighted by Crippen LogP contribution is -2.37. The predicted octanol–water partition coefficient (Wildman–Crippen LogP) is 4.37. The quantitative estimate of drug-likeness (QED) is 0.832. The van der Waals surface area contributed by atoms with Gasteiger partial charge in [-0.1, -0.05) is 12.1 Å². The number of halogens is 3. The molecule has 0 spiro atoms. The molecule has 2 aromatic rings. The van der Waals surface area contributed by atoms with Gasteiger partial charge in [0.25, 0.3) is 5.91 Å². The smallest absolute Gasteiger partial charge is 0.261 e. The Balaban J connectivity index is 1.98. The van der Waals surface area contributed by atoms with Gasteiger partial charge in [-0.3, -0.25) is 4.79 Å². The van der Waals surface area contributed by atoms with E-state index in [1.165, 1.54) is 30.3 Å². The highest BCUT2D eigenvalue weighted by atomic mass is 79.9. The van der Waals surface area contributed by atoms with Crippen LogP contribution in [-0.4, -0.2) is 12.0 Å². The largest absolute Gasteiger partial charge is 0.480 e. The molecule has 0 saturated carbocycles. The van der Waals surface area contributed by atoms with Crippen LogP contribution in [-0.2, 0) is 4.79 Å². The van der Waals surface area contributed by atoms with Gasteiger partial charge < -0.3 is 10.1 Å². The Bertz CT molecular complexity index is 691. The van der Waals surface area contributed by atoms with E-state index in [-0.39, 0.29) is 17.8 Å². The Labute approximate surface area is 141 Å². The van der Waals surface area contributed by atoms with Crippen LogP contribution < -0.4 is 10.1 Å². The van der Waals surface area contributed by atoms with Crippen LogP contribution in [0.4, 0.5) is 8.78 Å². The van der Waals surface area contributed by atoms with Crippen molar-refractivity contribution >= 4 is 21.8 Å². The minimum atomic E-state index is -0.764. The third-order valence-electron chi connectivity index (χ3n) is 3.30. The Morgan fingerprint density at radius 2 is 1.70 bits per heavy atom. The molecule has 6 heteroatoms. The molecule has 0 unspecified atom stereocenters. The number of hydrogen-bond donors (Lipinski definition) is 1. The average Bonchev–Trinajstić information content (AvgIpc) is 2.50. The molecular formula is C17H16BrF2NO2. The highest BCUT2D eigenvalue weighted by Gasteiger charge is 2.18. The second-order valence-electron chi connectivity index (χ2n) is 5.12. The number of hydrogen-bond acceptors (Lipinski definition) is 2. The molecule has 2 aromatic carbocycles. The summed E-state index contributed by atoms with van der Waals surface area (Å²) in [5.41, 5.74) is 0.787. The number of amides is 1. The molecule has 2 rings (SSSR count). The molecule has 122 valence electrons. The number of benzene rings is 2. The summed E-state index contributed by atoms with van der Waals surface area (Å²) in [6.45, 7) is 3.40. The third kappa shape index (κ3) is 4.76. The summed E-state index contributed by atoms with van der Waals surface area (Å²) in [5, 5.41) is 2.79. The Hall–Kier alpha value is -1.95. The van der Waals surface area contributed by atoms with Gasteiger partial charge in [-0.15, -0.1) is 0 Å². The molecule has 0 aliphatic heterocycles. The van der Waals surface area contributed by atoms with E-state index < -0.39 is 11.9 Å². The maximum absolute atomic E-state index is 13.0. The topological polar surface area (TPSA) is 38.3 Å². The number of carbonyl (C=O) groups excluding carboxylic acids is 1. The molecule has 0 saturated heterocycles. The van der Waals surface area contributed by atoms with Crippen LogP contribution in [0.5, 0.6) is 5.75 Å². The van der Waals surface area contributed by atoms with Crippen LogP contribution in [0, 0.1) is 11.6 Å². The summed E-state index contributed by atoms with van der Waals surface area (Å²) in [6.07, 6.45) is -0.764. The van der Waals surface area contributed by atoms with Crippen molar-refractivity contribution in [1.82, 2.24) is 5.32 Å². The fourth-order valence-corrected chi connectivity index (χ4v) is 2.42. The van der Waals surface area contributed by atoms with Gasteiger partial charge in [0.05, 0.1) is 10.5 Å². The van der Waals surface area contributed by atoms with Crippen LogP contribution in [0.1, 0.15) is 25.5 Å². The highest BCUT2D eigenvalue weighted by molar-refractivity contribution is 9.10. The molecule has 3 nitrogen and oxygen atoms in total. The summed E-state index contributed by atoms with van der Waals surface area (Å²) >= 11 is 3.19. The van der Waals surface area contributed by atoms with Crippen LogP contribution in [0.2, 0.25) is 0 Å². The van der Waals surface area contributed by atoms with Gasteiger partial charge in [-0.25, -0.2) is 8.78 Å². The number of nitrogens with one attached hydrogen (secondary N) is 1. The van der Waals surface area contributed by atoms with Crippen molar-refractivity contribution in [3.63, 3.8) is 0 Å². The van der Waals surface area contributed by atoms with Gasteiger partial charge in [-0.2, -0.15) is 0 Å². The zero-order chi connectivity index (χ0) is 17.0. The maximum atomic E-state index is 13.0. The summed E-state index contributed by atoms with van der Waals surface area (Å²) in [6, 6.07) is 9.59. The van der Waals surface area contributed by atoms with Gasteiger partial charge in [-0.05, 0) is 65.7 Å². The third-order valence-corrected chi connectivity index (χ3v) is 3.92. The minimum Gasteiger partial charge on any atom is -0.480 e. The Morgan fingerprint density at radius 1 is 1.09 bits per heavy atom. The number of ether oxygens (including phenoxy) is 1.